The van der Waals surface area contributed by atoms with Crippen molar-refractivity contribution in [2.45, 2.75) is 89.6 Å². The first-order valence-corrected chi connectivity index (χ1v) is 12.7. The number of hydrogen-bond acceptors (Lipinski definition) is 9. The van der Waals surface area contributed by atoms with Crippen LogP contribution in [0.1, 0.15) is 87.9 Å². The van der Waals surface area contributed by atoms with Crippen molar-refractivity contribution in [2.24, 2.45) is 17.2 Å². The Morgan fingerprint density at radius 2 is 1.68 bits per heavy atom. The second kappa shape index (κ2) is 21.0. The van der Waals surface area contributed by atoms with Crippen LogP contribution in [0.25, 0.3) is 0 Å². The first-order valence-electron chi connectivity index (χ1n) is 12.7. The van der Waals surface area contributed by atoms with Crippen LogP contribution in [-0.4, -0.2) is 53.8 Å². The van der Waals surface area contributed by atoms with Crippen LogP contribution in [0, 0.1) is 0 Å². The van der Waals surface area contributed by atoms with Crippen LogP contribution < -0.4 is 22.5 Å². The van der Waals surface area contributed by atoms with Gasteiger partial charge in [0, 0.05) is 23.7 Å². The van der Waals surface area contributed by atoms with Crippen LogP contribution >= 0.6 is 0 Å². The molecule has 0 aromatic heterocycles. The lowest BCUT2D eigenvalue weighted by Crippen LogP contribution is -2.30. The number of anilines is 1. The van der Waals surface area contributed by atoms with Gasteiger partial charge in [-0.15, -0.1) is 0 Å². The second-order valence-electron chi connectivity index (χ2n) is 8.66. The van der Waals surface area contributed by atoms with Crippen LogP contribution in [0.4, 0.5) is 5.69 Å². The highest BCUT2D eigenvalue weighted by Gasteiger charge is 2.19. The molecule has 0 radical (unpaired) electrons. The van der Waals surface area contributed by atoms with E-state index in [9.17, 15) is 24.0 Å². The summed E-state index contributed by atoms with van der Waals surface area (Å²) in [7, 11) is 0. The molecule has 2 aliphatic rings. The van der Waals surface area contributed by atoms with Crippen molar-refractivity contribution in [1.82, 2.24) is 0 Å². The molecular formula is C26H42N4O7. The van der Waals surface area contributed by atoms with Crippen molar-refractivity contribution in [2.75, 3.05) is 11.9 Å². The van der Waals surface area contributed by atoms with E-state index in [0.29, 0.717) is 37.4 Å². The number of esters is 2. The number of carbonyl (C=O) groups excluding carboxylic acids is 4. The maximum absolute atomic E-state index is 11.2. The van der Waals surface area contributed by atoms with Gasteiger partial charge < -0.3 is 32.4 Å². The normalized spacial score (nSPS) is 15.4. The van der Waals surface area contributed by atoms with Gasteiger partial charge in [-0.05, 0) is 62.9 Å². The number of aldehydes is 1. The summed E-state index contributed by atoms with van der Waals surface area (Å²) >= 11 is 0. The molecule has 208 valence electrons. The van der Waals surface area contributed by atoms with Gasteiger partial charge in [0.2, 0.25) is 5.91 Å². The van der Waals surface area contributed by atoms with E-state index in [1.54, 1.807) is 24.3 Å². The van der Waals surface area contributed by atoms with E-state index in [0.717, 1.165) is 18.4 Å². The number of cyclic esters (lactones) is 2. The highest BCUT2D eigenvalue weighted by molar-refractivity contribution is 5.92. The Morgan fingerprint density at radius 3 is 2.03 bits per heavy atom. The van der Waals surface area contributed by atoms with E-state index in [2.05, 4.69) is 10.1 Å². The second-order valence-corrected chi connectivity index (χ2v) is 8.66. The van der Waals surface area contributed by atoms with E-state index in [1.165, 1.54) is 32.1 Å². The summed E-state index contributed by atoms with van der Waals surface area (Å²) in [5.74, 6) is -1.75. The standard InChI is InChI=1S/C11H13NO2.C6H13N.C5H12N2O2.C4H4O3/c1-2-3-11(14)12-10-6-4-9(8-13)5-7-10;7-6-4-2-1-3-5-6;6-3-1-2-4(7)5(8)9;5-3-1-2-4(6)7-3/h4-8H,2-3H2,1H3,(H,12,14);6H,1-5,7H2;4H,1-3,6-7H2,(H,8,9);1-2H2/t;;4-;/m..0./s1. The Kier molecular flexibility index (Phi) is 19.2. The van der Waals surface area contributed by atoms with E-state index in [1.807, 2.05) is 6.92 Å². The number of benzene rings is 1. The lowest BCUT2D eigenvalue weighted by atomic mass is 9.97. The molecule has 3 rings (SSSR count). The average molecular weight is 523 g/mol. The van der Waals surface area contributed by atoms with Gasteiger partial charge in [-0.25, -0.2) is 0 Å². The third-order valence-corrected chi connectivity index (χ3v) is 5.25. The highest BCUT2D eigenvalue weighted by atomic mass is 16.6. The molecule has 37 heavy (non-hydrogen) atoms. The van der Waals surface area contributed by atoms with Crippen molar-refractivity contribution in [1.29, 1.82) is 0 Å². The van der Waals surface area contributed by atoms with E-state index < -0.39 is 23.9 Å². The summed E-state index contributed by atoms with van der Waals surface area (Å²) in [6.45, 7) is 2.45. The molecule has 0 bridgehead atoms. The Hall–Kier alpha value is -3.15. The molecule has 11 nitrogen and oxygen atoms in total. The van der Waals surface area contributed by atoms with Gasteiger partial charge >= 0.3 is 17.9 Å². The van der Waals surface area contributed by atoms with Crippen LogP contribution in [0.15, 0.2) is 24.3 Å². The van der Waals surface area contributed by atoms with Gasteiger partial charge in [-0.3, -0.25) is 24.0 Å². The first-order chi connectivity index (χ1) is 17.6. The molecule has 1 aromatic carbocycles. The number of carboxylic acid groups (broad SMARTS) is 1. The van der Waals surface area contributed by atoms with E-state index in [-0.39, 0.29) is 18.7 Å². The van der Waals surface area contributed by atoms with Crippen LogP contribution in [0.2, 0.25) is 0 Å². The van der Waals surface area contributed by atoms with E-state index in [4.69, 9.17) is 22.3 Å². The van der Waals surface area contributed by atoms with Crippen molar-refractivity contribution in [3.8, 4) is 0 Å². The fourth-order valence-corrected chi connectivity index (χ4v) is 3.12. The van der Waals surface area contributed by atoms with Gasteiger partial charge in [-0.2, -0.15) is 0 Å². The van der Waals surface area contributed by atoms with Gasteiger partial charge in [0.1, 0.15) is 12.3 Å². The maximum atomic E-state index is 11.2. The maximum Gasteiger partial charge on any atom is 0.320 e. The molecule has 0 unspecified atom stereocenters. The number of ether oxygens (including phenoxy) is 1. The summed E-state index contributed by atoms with van der Waals surface area (Å²) in [5, 5.41) is 11.0. The van der Waals surface area contributed by atoms with Crippen molar-refractivity contribution in [3.05, 3.63) is 29.8 Å². The molecule has 1 aliphatic heterocycles. The number of amides is 1. The molecule has 1 saturated heterocycles. The Bertz CT molecular complexity index is 811. The molecule has 1 saturated carbocycles. The SMILES string of the molecule is CCCC(=O)Nc1ccc(C=O)cc1.NC1CCCCC1.NCCC[C@H](N)C(=O)O.O=C1CCC(=O)O1. The fourth-order valence-electron chi connectivity index (χ4n) is 3.12. The number of carbonyl (C=O) groups is 5. The molecule has 1 aromatic rings. The lowest BCUT2D eigenvalue weighted by molar-refractivity contribution is -0.152. The minimum absolute atomic E-state index is 0.00588. The predicted octanol–water partition coefficient (Wildman–Crippen LogP) is 2.50. The lowest BCUT2D eigenvalue weighted by Gasteiger charge is -2.15. The quantitative estimate of drug-likeness (QED) is 0.191. The predicted molar refractivity (Wildman–Crippen MR) is 141 cm³/mol. The minimum atomic E-state index is -0.955. The average Bonchev–Trinajstić information content (AvgIpc) is 3.27. The Morgan fingerprint density at radius 1 is 1.11 bits per heavy atom. The van der Waals surface area contributed by atoms with Crippen LogP contribution in [0.5, 0.6) is 0 Å². The molecule has 1 amide bonds. The summed E-state index contributed by atoms with van der Waals surface area (Å²) in [4.78, 5) is 51.6. The summed E-state index contributed by atoms with van der Waals surface area (Å²) in [6.07, 6.45) is 10.5. The summed E-state index contributed by atoms with van der Waals surface area (Å²) < 4.78 is 4.08. The van der Waals surface area contributed by atoms with Crippen molar-refractivity contribution < 1.29 is 33.8 Å². The van der Waals surface area contributed by atoms with Crippen LogP contribution in [0.3, 0.4) is 0 Å². The molecular weight excluding hydrogens is 480 g/mol. The number of rotatable bonds is 8. The Labute approximate surface area is 218 Å². The third kappa shape index (κ3) is 18.7. The molecule has 1 atom stereocenters. The zero-order valence-electron chi connectivity index (χ0n) is 21.7. The van der Waals surface area contributed by atoms with Crippen molar-refractivity contribution in [3.63, 3.8) is 0 Å². The number of hydrogen-bond donors (Lipinski definition) is 5. The fraction of sp³-hybridized carbons (Fsp3) is 0.577. The number of nitrogens with two attached hydrogens (primary N) is 3. The van der Waals surface area contributed by atoms with Gasteiger partial charge in [-0.1, -0.05) is 26.2 Å². The number of carboxylic acids is 1. The van der Waals surface area contributed by atoms with Gasteiger partial charge in [0.15, 0.2) is 0 Å². The van der Waals surface area contributed by atoms with E-state index >= 15 is 0 Å². The zero-order chi connectivity index (χ0) is 28.1. The molecule has 1 heterocycles. The largest absolute Gasteiger partial charge is 0.480 e. The smallest absolute Gasteiger partial charge is 0.320 e. The minimum Gasteiger partial charge on any atom is -0.480 e. The molecule has 0 spiro atoms. The number of aliphatic carboxylic acids is 1. The first kappa shape index (κ1) is 33.8. The molecule has 8 N–H and O–H groups in total. The molecule has 1 aliphatic carbocycles. The number of nitrogens with one attached hydrogen (secondary N) is 1. The topological polar surface area (TPSA) is 205 Å². The summed E-state index contributed by atoms with van der Waals surface area (Å²) in [5.41, 5.74) is 17.3. The zero-order valence-corrected chi connectivity index (χ0v) is 21.7. The summed E-state index contributed by atoms with van der Waals surface area (Å²) in [6, 6.07) is 6.58. The van der Waals surface area contributed by atoms with Gasteiger partial charge in [0.05, 0.1) is 12.8 Å². The monoisotopic (exact) mass is 522 g/mol. The van der Waals surface area contributed by atoms with Crippen molar-refractivity contribution >= 4 is 35.8 Å². The Balaban J connectivity index is 0.000000490. The highest BCUT2D eigenvalue weighted by Crippen LogP contribution is 2.14. The third-order valence-electron chi connectivity index (χ3n) is 5.25. The van der Waals surface area contributed by atoms with Gasteiger partial charge in [0.25, 0.3) is 0 Å². The van der Waals surface area contributed by atoms with Crippen LogP contribution in [-0.2, 0) is 23.9 Å². The molecule has 11 heteroatoms. The molecule has 2 fully saturated rings.